The molecule has 3 aliphatic rings. The predicted octanol–water partition coefficient (Wildman–Crippen LogP) is 1.99. The monoisotopic (exact) mass is 463 g/mol. The first kappa shape index (κ1) is 23.5. The Kier molecular flexibility index (Phi) is 6.34. The summed E-state index contributed by atoms with van der Waals surface area (Å²) in [6.07, 6.45) is 2.18. The molecule has 1 aromatic rings. The lowest BCUT2D eigenvalue weighted by Crippen LogP contribution is -2.53. The van der Waals surface area contributed by atoms with Gasteiger partial charge in [-0.15, -0.1) is 0 Å². The molecule has 1 aromatic heterocycles. The molecular formula is C19H24F3N3O5S. The van der Waals surface area contributed by atoms with Crippen molar-refractivity contribution in [2.45, 2.75) is 55.0 Å². The second kappa shape index (κ2) is 8.38. The van der Waals surface area contributed by atoms with Crippen LogP contribution in [0.5, 0.6) is 0 Å². The molecule has 0 bridgehead atoms. The number of hydrogen-bond acceptors (Lipinski definition) is 5. The van der Waals surface area contributed by atoms with Crippen LogP contribution < -0.4 is 0 Å². The maximum absolute atomic E-state index is 12.7. The van der Waals surface area contributed by atoms with E-state index in [0.717, 1.165) is 37.7 Å². The molecule has 3 heterocycles. The number of aromatic nitrogens is 1. The van der Waals surface area contributed by atoms with E-state index in [1.807, 2.05) is 24.1 Å². The quantitative estimate of drug-likeness (QED) is 0.735. The van der Waals surface area contributed by atoms with Crippen LogP contribution in [0.2, 0.25) is 0 Å². The molecule has 0 radical (unpaired) electrons. The second-order valence-electron chi connectivity index (χ2n) is 8.11. The van der Waals surface area contributed by atoms with Gasteiger partial charge >= 0.3 is 12.1 Å². The SMILES string of the molecule is CN1C(=O)C(c2cccnc2)CC12CCN(S(=O)(=O)C1CC1)CC2.O=C(O)C(F)(F)F. The highest BCUT2D eigenvalue weighted by Crippen LogP contribution is 2.45. The Morgan fingerprint density at radius 3 is 2.29 bits per heavy atom. The Balaban J connectivity index is 0.000000339. The molecule has 172 valence electrons. The summed E-state index contributed by atoms with van der Waals surface area (Å²) in [6, 6.07) is 3.81. The van der Waals surface area contributed by atoms with Crippen molar-refractivity contribution in [3.63, 3.8) is 0 Å². The fourth-order valence-corrected chi connectivity index (χ4v) is 6.03. The van der Waals surface area contributed by atoms with Gasteiger partial charge in [-0.05, 0) is 43.7 Å². The number of aliphatic carboxylic acids is 1. The molecule has 31 heavy (non-hydrogen) atoms. The van der Waals surface area contributed by atoms with Crippen molar-refractivity contribution in [3.05, 3.63) is 30.1 Å². The van der Waals surface area contributed by atoms with Gasteiger partial charge in [-0.3, -0.25) is 9.78 Å². The third-order valence-electron chi connectivity index (χ3n) is 6.21. The van der Waals surface area contributed by atoms with Gasteiger partial charge in [0.05, 0.1) is 11.2 Å². The summed E-state index contributed by atoms with van der Waals surface area (Å²) in [7, 11) is -1.25. The van der Waals surface area contributed by atoms with Gasteiger partial charge in [-0.25, -0.2) is 17.5 Å². The van der Waals surface area contributed by atoms with Crippen molar-refractivity contribution in [2.75, 3.05) is 20.1 Å². The van der Waals surface area contributed by atoms with Crippen LogP contribution in [0.25, 0.3) is 0 Å². The van der Waals surface area contributed by atoms with Crippen LogP contribution in [0, 0.1) is 0 Å². The fourth-order valence-electron chi connectivity index (χ4n) is 4.19. The lowest BCUT2D eigenvalue weighted by atomic mass is 9.82. The number of sulfonamides is 1. The number of piperidine rings is 1. The molecule has 1 spiro atoms. The second-order valence-corrected chi connectivity index (χ2v) is 10.3. The van der Waals surface area contributed by atoms with Crippen LogP contribution in [0.1, 0.15) is 43.6 Å². The number of amides is 1. The highest BCUT2D eigenvalue weighted by Gasteiger charge is 2.52. The molecule has 3 fully saturated rings. The number of halogens is 3. The number of carbonyl (C=O) groups is 2. The smallest absolute Gasteiger partial charge is 0.475 e. The predicted molar refractivity (Wildman–Crippen MR) is 104 cm³/mol. The Morgan fingerprint density at radius 2 is 1.84 bits per heavy atom. The third kappa shape index (κ3) is 4.84. The van der Waals surface area contributed by atoms with Gasteiger partial charge in [-0.1, -0.05) is 6.07 Å². The van der Waals surface area contributed by atoms with Crippen LogP contribution >= 0.6 is 0 Å². The fraction of sp³-hybridized carbons (Fsp3) is 0.632. The molecule has 1 amide bonds. The minimum Gasteiger partial charge on any atom is -0.475 e. The number of nitrogens with zero attached hydrogens (tertiary/aromatic N) is 3. The number of pyridine rings is 1. The first-order valence-corrected chi connectivity index (χ1v) is 11.4. The number of alkyl halides is 3. The van der Waals surface area contributed by atoms with Crippen LogP contribution in [-0.2, 0) is 19.6 Å². The normalized spacial score (nSPS) is 24.1. The number of likely N-dealkylation sites (tertiary alicyclic amines) is 1. The van der Waals surface area contributed by atoms with Crippen LogP contribution in [0.15, 0.2) is 24.5 Å². The molecule has 1 aliphatic carbocycles. The van der Waals surface area contributed by atoms with Crippen molar-refractivity contribution in [1.29, 1.82) is 0 Å². The summed E-state index contributed by atoms with van der Waals surface area (Å²) in [5.41, 5.74) is 0.743. The van der Waals surface area contributed by atoms with E-state index in [-0.39, 0.29) is 22.6 Å². The molecule has 0 aromatic carbocycles. The molecule has 1 saturated carbocycles. The average molecular weight is 463 g/mol. The van der Waals surface area contributed by atoms with E-state index in [0.29, 0.717) is 13.1 Å². The zero-order chi connectivity index (χ0) is 23.0. The Morgan fingerprint density at radius 1 is 1.26 bits per heavy atom. The molecule has 12 heteroatoms. The zero-order valence-electron chi connectivity index (χ0n) is 16.9. The standard InChI is InChI=1S/C17H23N3O3S.C2HF3O2/c1-19-16(21)15(13-3-2-8-18-12-13)11-17(19)6-9-20(10-7-17)24(22,23)14-4-5-14;3-2(4,5)1(6)7/h2-3,8,12,14-15H,4-7,9-11H2,1H3;(H,6,7). The average Bonchev–Trinajstić information content (AvgIpc) is 3.55. The molecule has 4 rings (SSSR count). The van der Waals surface area contributed by atoms with Gasteiger partial charge in [0.25, 0.3) is 0 Å². The highest BCUT2D eigenvalue weighted by atomic mass is 32.2. The maximum Gasteiger partial charge on any atom is 0.490 e. The van der Waals surface area contributed by atoms with Gasteiger partial charge < -0.3 is 10.0 Å². The van der Waals surface area contributed by atoms with Gasteiger partial charge in [0.15, 0.2) is 0 Å². The number of hydrogen-bond donors (Lipinski definition) is 1. The van der Waals surface area contributed by atoms with E-state index < -0.39 is 22.2 Å². The van der Waals surface area contributed by atoms with Crippen LogP contribution in [0.4, 0.5) is 13.2 Å². The zero-order valence-corrected chi connectivity index (χ0v) is 17.7. The Hall–Kier alpha value is -2.21. The van der Waals surface area contributed by atoms with Gasteiger partial charge in [-0.2, -0.15) is 13.2 Å². The number of carbonyl (C=O) groups excluding carboxylic acids is 1. The summed E-state index contributed by atoms with van der Waals surface area (Å²) in [5.74, 6) is -2.79. The van der Waals surface area contributed by atoms with Gasteiger partial charge in [0, 0.05) is 38.1 Å². The number of carboxylic acid groups (broad SMARTS) is 1. The first-order chi connectivity index (χ1) is 14.4. The molecule has 1 N–H and O–H groups in total. The van der Waals surface area contributed by atoms with Crippen molar-refractivity contribution in [2.24, 2.45) is 0 Å². The van der Waals surface area contributed by atoms with Gasteiger partial charge in [0.2, 0.25) is 15.9 Å². The van der Waals surface area contributed by atoms with Crippen molar-refractivity contribution in [3.8, 4) is 0 Å². The lowest BCUT2D eigenvalue weighted by Gasteiger charge is -2.43. The molecule has 2 aliphatic heterocycles. The lowest BCUT2D eigenvalue weighted by molar-refractivity contribution is -0.192. The van der Waals surface area contributed by atoms with Crippen LogP contribution in [-0.4, -0.2) is 76.7 Å². The van der Waals surface area contributed by atoms with Crippen molar-refractivity contribution in [1.82, 2.24) is 14.2 Å². The maximum atomic E-state index is 12.7. The largest absolute Gasteiger partial charge is 0.490 e. The molecule has 2 saturated heterocycles. The topological polar surface area (TPSA) is 108 Å². The summed E-state index contributed by atoms with van der Waals surface area (Å²) in [4.78, 5) is 27.6. The number of likely N-dealkylation sites (N-methyl/N-ethyl adjacent to an activating group) is 1. The third-order valence-corrected chi connectivity index (χ3v) is 8.61. The summed E-state index contributed by atoms with van der Waals surface area (Å²) >= 11 is 0. The van der Waals surface area contributed by atoms with Crippen molar-refractivity contribution >= 4 is 21.9 Å². The Labute approximate surface area is 178 Å². The van der Waals surface area contributed by atoms with Crippen LogP contribution in [0.3, 0.4) is 0 Å². The van der Waals surface area contributed by atoms with Crippen molar-refractivity contribution < 1.29 is 36.3 Å². The van der Waals surface area contributed by atoms with E-state index in [1.54, 1.807) is 16.7 Å². The molecular weight excluding hydrogens is 439 g/mol. The minimum atomic E-state index is -5.08. The van der Waals surface area contributed by atoms with E-state index in [1.165, 1.54) is 0 Å². The summed E-state index contributed by atoms with van der Waals surface area (Å²) in [6.45, 7) is 1.05. The molecule has 1 atom stereocenters. The number of carboxylic acids is 1. The van der Waals surface area contributed by atoms with Gasteiger partial charge in [0.1, 0.15) is 0 Å². The summed E-state index contributed by atoms with van der Waals surface area (Å²) in [5, 5.41) is 6.97. The minimum absolute atomic E-state index is 0.126. The Bertz CT molecular complexity index is 927. The van der Waals surface area contributed by atoms with E-state index >= 15 is 0 Å². The molecule has 1 unspecified atom stereocenters. The highest BCUT2D eigenvalue weighted by molar-refractivity contribution is 7.90. The summed E-state index contributed by atoms with van der Waals surface area (Å²) < 4.78 is 58.2. The molecule has 8 nitrogen and oxygen atoms in total. The van der Waals surface area contributed by atoms with E-state index in [9.17, 15) is 26.4 Å². The van der Waals surface area contributed by atoms with E-state index in [4.69, 9.17) is 9.90 Å². The first-order valence-electron chi connectivity index (χ1n) is 9.85. The number of rotatable bonds is 3. The van der Waals surface area contributed by atoms with E-state index in [2.05, 4.69) is 4.98 Å².